The van der Waals surface area contributed by atoms with Gasteiger partial charge < -0.3 is 14.6 Å². The summed E-state index contributed by atoms with van der Waals surface area (Å²) in [5.41, 5.74) is 0. The van der Waals surface area contributed by atoms with E-state index in [0.29, 0.717) is 5.76 Å². The van der Waals surface area contributed by atoms with Crippen LogP contribution < -0.4 is 5.32 Å². The van der Waals surface area contributed by atoms with Crippen molar-refractivity contribution in [2.24, 2.45) is 0 Å². The topological polar surface area (TPSA) is 45.5 Å². The van der Waals surface area contributed by atoms with Gasteiger partial charge in [0.2, 0.25) is 5.78 Å². The van der Waals surface area contributed by atoms with E-state index in [0.717, 1.165) is 25.3 Å². The molecular weight excluding hydrogens is 192 g/mol. The predicted octanol–water partition coefficient (Wildman–Crippen LogP) is 1.23. The third-order valence-electron chi connectivity index (χ3n) is 2.42. The lowest BCUT2D eigenvalue weighted by Crippen LogP contribution is -2.37. The van der Waals surface area contributed by atoms with Crippen molar-refractivity contribution in [1.29, 1.82) is 0 Å². The van der Waals surface area contributed by atoms with E-state index in [1.165, 1.54) is 6.26 Å². The van der Waals surface area contributed by atoms with Gasteiger partial charge in [0.25, 0.3) is 0 Å². The van der Waals surface area contributed by atoms with E-state index in [1.54, 1.807) is 18.2 Å². The van der Waals surface area contributed by atoms with Crippen LogP contribution in [0.15, 0.2) is 34.7 Å². The maximum atomic E-state index is 11.7. The van der Waals surface area contributed by atoms with Gasteiger partial charge in [0.05, 0.1) is 6.26 Å². The van der Waals surface area contributed by atoms with E-state index in [9.17, 15) is 4.79 Å². The van der Waals surface area contributed by atoms with Crippen LogP contribution in [0.5, 0.6) is 0 Å². The lowest BCUT2D eigenvalue weighted by Gasteiger charge is -2.28. The van der Waals surface area contributed by atoms with Gasteiger partial charge in [0.1, 0.15) is 5.82 Å². The van der Waals surface area contributed by atoms with Gasteiger partial charge in [-0.25, -0.2) is 0 Å². The first kappa shape index (κ1) is 9.83. The molecule has 0 unspecified atom stereocenters. The van der Waals surface area contributed by atoms with Crippen molar-refractivity contribution < 1.29 is 9.21 Å². The molecule has 0 spiro atoms. The highest BCUT2D eigenvalue weighted by molar-refractivity contribution is 6.02. The highest BCUT2D eigenvalue weighted by Gasteiger charge is 2.13. The first-order chi connectivity index (χ1) is 7.27. The maximum Gasteiger partial charge on any atom is 0.224 e. The van der Waals surface area contributed by atoms with Crippen LogP contribution in [0.25, 0.3) is 0 Å². The Balaban J connectivity index is 2.12. The number of allylic oxidation sites excluding steroid dienone is 1. The van der Waals surface area contributed by atoms with Gasteiger partial charge in [0.15, 0.2) is 5.76 Å². The molecule has 0 atom stereocenters. The molecular formula is C11H14N2O2. The van der Waals surface area contributed by atoms with Crippen LogP contribution in [0.2, 0.25) is 0 Å². The normalized spacial score (nSPS) is 19.0. The van der Waals surface area contributed by atoms with Crippen LogP contribution in [-0.4, -0.2) is 30.8 Å². The molecule has 15 heavy (non-hydrogen) atoms. The first-order valence-corrected chi connectivity index (χ1v) is 5.02. The average Bonchev–Trinajstić information content (AvgIpc) is 2.74. The monoisotopic (exact) mass is 206 g/mol. The second-order valence-corrected chi connectivity index (χ2v) is 3.57. The van der Waals surface area contributed by atoms with Crippen molar-refractivity contribution >= 4 is 5.78 Å². The fourth-order valence-corrected chi connectivity index (χ4v) is 1.56. The summed E-state index contributed by atoms with van der Waals surface area (Å²) in [7, 11) is 1.97. The summed E-state index contributed by atoms with van der Waals surface area (Å²) in [6.07, 6.45) is 4.19. The number of carbonyl (C=O) groups excluding carboxylic acids is 1. The van der Waals surface area contributed by atoms with Gasteiger partial charge >= 0.3 is 0 Å². The Bertz CT molecular complexity index is 368. The van der Waals surface area contributed by atoms with Gasteiger partial charge in [-0.05, 0) is 18.6 Å². The summed E-state index contributed by atoms with van der Waals surface area (Å²) in [6, 6.07) is 3.38. The average molecular weight is 206 g/mol. The lowest BCUT2D eigenvalue weighted by molar-refractivity contribution is 0.101. The fourth-order valence-electron chi connectivity index (χ4n) is 1.56. The van der Waals surface area contributed by atoms with Crippen LogP contribution in [0.4, 0.5) is 0 Å². The van der Waals surface area contributed by atoms with E-state index in [-0.39, 0.29) is 5.78 Å². The first-order valence-electron chi connectivity index (χ1n) is 5.02. The highest BCUT2D eigenvalue weighted by Crippen LogP contribution is 2.08. The number of ketones is 1. The molecule has 0 bridgehead atoms. The number of rotatable bonds is 2. The predicted molar refractivity (Wildman–Crippen MR) is 56.4 cm³/mol. The Hall–Kier alpha value is -1.71. The Kier molecular flexibility index (Phi) is 2.76. The standard InChI is InChI=1S/C11H14N2O2/c1-13-6-3-5-12-11(13)8-9(14)10-4-2-7-15-10/h2,4,7-8,12H,3,5-6H2,1H3/b11-8+. The van der Waals surface area contributed by atoms with Crippen LogP contribution in [0.3, 0.4) is 0 Å². The second kappa shape index (κ2) is 4.21. The van der Waals surface area contributed by atoms with E-state index in [1.807, 2.05) is 11.9 Å². The van der Waals surface area contributed by atoms with Crippen molar-refractivity contribution in [3.05, 3.63) is 36.1 Å². The number of carbonyl (C=O) groups is 1. The molecule has 1 N–H and O–H groups in total. The largest absolute Gasteiger partial charge is 0.461 e. The highest BCUT2D eigenvalue weighted by atomic mass is 16.3. The Morgan fingerprint density at radius 1 is 1.67 bits per heavy atom. The molecule has 1 aromatic heterocycles. The third kappa shape index (κ3) is 2.21. The zero-order valence-electron chi connectivity index (χ0n) is 8.69. The van der Waals surface area contributed by atoms with Crippen molar-refractivity contribution in [2.75, 3.05) is 20.1 Å². The minimum atomic E-state index is -0.101. The molecule has 2 rings (SSSR count). The molecule has 1 aromatic rings. The molecule has 0 aromatic carbocycles. The summed E-state index contributed by atoms with van der Waals surface area (Å²) in [4.78, 5) is 13.7. The summed E-state index contributed by atoms with van der Waals surface area (Å²) in [5.74, 6) is 1.14. The second-order valence-electron chi connectivity index (χ2n) is 3.57. The molecule has 1 aliphatic heterocycles. The third-order valence-corrected chi connectivity index (χ3v) is 2.42. The van der Waals surface area contributed by atoms with Crippen LogP contribution in [0, 0.1) is 0 Å². The Labute approximate surface area is 88.6 Å². The number of hydrogen-bond donors (Lipinski definition) is 1. The fraction of sp³-hybridized carbons (Fsp3) is 0.364. The van der Waals surface area contributed by atoms with Crippen molar-refractivity contribution in [1.82, 2.24) is 10.2 Å². The van der Waals surface area contributed by atoms with Crippen LogP contribution >= 0.6 is 0 Å². The summed E-state index contributed by atoms with van der Waals surface area (Å²) in [5, 5.41) is 3.19. The number of nitrogens with zero attached hydrogens (tertiary/aromatic N) is 1. The Morgan fingerprint density at radius 3 is 3.20 bits per heavy atom. The van der Waals surface area contributed by atoms with Crippen molar-refractivity contribution in [3.63, 3.8) is 0 Å². The molecule has 0 amide bonds. The Morgan fingerprint density at radius 2 is 2.53 bits per heavy atom. The van der Waals surface area contributed by atoms with Gasteiger partial charge in [-0.2, -0.15) is 0 Å². The zero-order chi connectivity index (χ0) is 10.7. The van der Waals surface area contributed by atoms with E-state index < -0.39 is 0 Å². The minimum Gasteiger partial charge on any atom is -0.461 e. The van der Waals surface area contributed by atoms with Crippen LogP contribution in [0.1, 0.15) is 17.0 Å². The molecule has 0 radical (unpaired) electrons. The quantitative estimate of drug-likeness (QED) is 0.584. The number of nitrogens with one attached hydrogen (secondary N) is 1. The number of furan rings is 1. The molecule has 1 saturated heterocycles. The molecule has 4 heteroatoms. The lowest BCUT2D eigenvalue weighted by atomic mass is 10.2. The van der Waals surface area contributed by atoms with E-state index >= 15 is 0 Å². The van der Waals surface area contributed by atoms with E-state index in [2.05, 4.69) is 5.32 Å². The van der Waals surface area contributed by atoms with Gasteiger partial charge in [-0.1, -0.05) is 0 Å². The molecule has 0 saturated carbocycles. The summed E-state index contributed by atoms with van der Waals surface area (Å²) in [6.45, 7) is 1.89. The van der Waals surface area contributed by atoms with Gasteiger partial charge in [-0.3, -0.25) is 4.79 Å². The van der Waals surface area contributed by atoms with Crippen molar-refractivity contribution in [3.8, 4) is 0 Å². The van der Waals surface area contributed by atoms with Crippen LogP contribution in [-0.2, 0) is 0 Å². The smallest absolute Gasteiger partial charge is 0.224 e. The molecule has 2 heterocycles. The van der Waals surface area contributed by atoms with Gasteiger partial charge in [-0.15, -0.1) is 0 Å². The van der Waals surface area contributed by atoms with Crippen molar-refractivity contribution in [2.45, 2.75) is 6.42 Å². The summed E-state index contributed by atoms with van der Waals surface area (Å²) >= 11 is 0. The summed E-state index contributed by atoms with van der Waals surface area (Å²) < 4.78 is 5.03. The molecule has 80 valence electrons. The zero-order valence-corrected chi connectivity index (χ0v) is 8.69. The molecule has 0 aliphatic carbocycles. The minimum absolute atomic E-state index is 0.101. The maximum absolute atomic E-state index is 11.7. The van der Waals surface area contributed by atoms with Gasteiger partial charge in [0, 0.05) is 26.2 Å². The number of hydrogen-bond acceptors (Lipinski definition) is 4. The molecule has 1 fully saturated rings. The van der Waals surface area contributed by atoms with E-state index in [4.69, 9.17) is 4.42 Å². The molecule has 1 aliphatic rings. The SMILES string of the molecule is CN1CCCN/C1=C\C(=O)c1ccco1. The molecule has 4 nitrogen and oxygen atoms in total.